The van der Waals surface area contributed by atoms with E-state index in [0.717, 1.165) is 44.1 Å². The van der Waals surface area contributed by atoms with Crippen molar-refractivity contribution in [1.82, 2.24) is 0 Å². The van der Waals surface area contributed by atoms with Crippen molar-refractivity contribution in [2.45, 2.75) is 43.4 Å². The number of carboxylic acids is 1. The van der Waals surface area contributed by atoms with Gasteiger partial charge >= 0.3 is 5.97 Å². The molecule has 1 fully saturated rings. The first-order valence-electron chi connectivity index (χ1n) is 6.97. The van der Waals surface area contributed by atoms with Crippen LogP contribution in [0.25, 0.3) is 0 Å². The molecule has 21 heavy (non-hydrogen) atoms. The number of benzene rings is 1. The molecule has 0 aromatic heterocycles. The van der Waals surface area contributed by atoms with E-state index in [0.29, 0.717) is 11.5 Å². The summed E-state index contributed by atoms with van der Waals surface area (Å²) in [6, 6.07) is 2.06. The van der Waals surface area contributed by atoms with Crippen molar-refractivity contribution in [3.05, 3.63) is 29.1 Å². The highest BCUT2D eigenvalue weighted by molar-refractivity contribution is 7.90. The summed E-state index contributed by atoms with van der Waals surface area (Å²) in [4.78, 5) is 10.9. The molecule has 1 aromatic rings. The summed E-state index contributed by atoms with van der Waals surface area (Å²) in [7, 11) is -3.60. The molecule has 0 spiro atoms. The van der Waals surface area contributed by atoms with E-state index < -0.39 is 27.2 Å². The van der Waals surface area contributed by atoms with E-state index in [1.807, 2.05) is 0 Å². The Morgan fingerprint density at radius 1 is 1.24 bits per heavy atom. The van der Waals surface area contributed by atoms with Crippen LogP contribution in [0.1, 0.15) is 54.4 Å². The fourth-order valence-corrected chi connectivity index (χ4v) is 3.93. The normalized spacial score (nSPS) is 23.0. The zero-order chi connectivity index (χ0) is 15.8. The van der Waals surface area contributed by atoms with Crippen LogP contribution in [0.4, 0.5) is 4.39 Å². The molecule has 0 bridgehead atoms. The van der Waals surface area contributed by atoms with Gasteiger partial charge in [0.15, 0.2) is 9.84 Å². The molecule has 0 saturated heterocycles. The summed E-state index contributed by atoms with van der Waals surface area (Å²) in [5, 5.41) is 8.96. The molecule has 1 aliphatic carbocycles. The first-order valence-corrected chi connectivity index (χ1v) is 8.86. The predicted octanol–water partition coefficient (Wildman–Crippen LogP) is 3.22. The molecule has 1 N–H and O–H groups in total. The lowest BCUT2D eigenvalue weighted by Crippen LogP contribution is -2.16. The van der Waals surface area contributed by atoms with Crippen LogP contribution in [-0.2, 0) is 9.84 Å². The van der Waals surface area contributed by atoms with E-state index >= 15 is 0 Å². The largest absolute Gasteiger partial charge is 0.478 e. The van der Waals surface area contributed by atoms with Crippen molar-refractivity contribution in [2.75, 3.05) is 6.26 Å². The van der Waals surface area contributed by atoms with Crippen LogP contribution >= 0.6 is 0 Å². The maximum atomic E-state index is 13.9. The van der Waals surface area contributed by atoms with Crippen molar-refractivity contribution in [3.63, 3.8) is 0 Å². The maximum absolute atomic E-state index is 13.9. The molecule has 0 unspecified atom stereocenters. The number of rotatable bonds is 3. The first-order chi connectivity index (χ1) is 9.70. The van der Waals surface area contributed by atoms with Crippen molar-refractivity contribution in [1.29, 1.82) is 0 Å². The zero-order valence-corrected chi connectivity index (χ0v) is 12.9. The average molecular weight is 314 g/mol. The molecule has 6 heteroatoms. The van der Waals surface area contributed by atoms with Crippen LogP contribution in [0.5, 0.6) is 0 Å². The number of hydrogen-bond donors (Lipinski definition) is 1. The second-order valence-corrected chi connectivity index (χ2v) is 7.89. The Morgan fingerprint density at radius 3 is 2.29 bits per heavy atom. The molecule has 0 amide bonds. The summed E-state index contributed by atoms with van der Waals surface area (Å²) < 4.78 is 37.8. The number of hydrogen-bond acceptors (Lipinski definition) is 3. The summed E-state index contributed by atoms with van der Waals surface area (Å²) in [5.41, 5.74) is -0.171. The number of aromatic carboxylic acids is 1. The fourth-order valence-electron chi connectivity index (χ4n) is 2.94. The van der Waals surface area contributed by atoms with Crippen LogP contribution in [0.2, 0.25) is 0 Å². The van der Waals surface area contributed by atoms with Gasteiger partial charge in [-0.05, 0) is 42.4 Å². The molecule has 0 radical (unpaired) electrons. The quantitative estimate of drug-likeness (QED) is 0.870. The average Bonchev–Trinajstić information content (AvgIpc) is 2.37. The van der Waals surface area contributed by atoms with Gasteiger partial charge in [-0.2, -0.15) is 0 Å². The van der Waals surface area contributed by atoms with Crippen molar-refractivity contribution in [3.8, 4) is 0 Å². The fraction of sp³-hybridized carbons (Fsp3) is 0.533. The van der Waals surface area contributed by atoms with Gasteiger partial charge < -0.3 is 5.11 Å². The molecular weight excluding hydrogens is 295 g/mol. The third-order valence-electron chi connectivity index (χ3n) is 4.19. The Labute approximate surface area is 123 Å². The van der Waals surface area contributed by atoms with Crippen LogP contribution < -0.4 is 0 Å². The standard InChI is InChI=1S/C15H19FO4S/c1-9-3-5-10(6-4-9)11-7-13(16)12(15(17)18)8-14(11)21(2,19)20/h7-10H,3-6H2,1-2H3,(H,17,18). The summed E-state index contributed by atoms with van der Waals surface area (Å²) in [5.74, 6) is -1.76. The van der Waals surface area contributed by atoms with Crippen molar-refractivity contribution >= 4 is 15.8 Å². The minimum Gasteiger partial charge on any atom is -0.478 e. The van der Waals surface area contributed by atoms with E-state index in [2.05, 4.69) is 6.92 Å². The highest BCUT2D eigenvalue weighted by atomic mass is 32.2. The summed E-state index contributed by atoms with van der Waals surface area (Å²) in [6.07, 6.45) is 4.57. The lowest BCUT2D eigenvalue weighted by molar-refractivity contribution is 0.0691. The Kier molecular flexibility index (Phi) is 4.37. The minimum absolute atomic E-state index is 0.0248. The monoisotopic (exact) mass is 314 g/mol. The first kappa shape index (κ1) is 15.9. The third-order valence-corrected chi connectivity index (χ3v) is 5.34. The van der Waals surface area contributed by atoms with Crippen molar-refractivity contribution < 1.29 is 22.7 Å². The maximum Gasteiger partial charge on any atom is 0.338 e. The number of halogens is 1. The lowest BCUT2D eigenvalue weighted by Gasteiger charge is -2.28. The molecule has 0 aliphatic heterocycles. The van der Waals surface area contributed by atoms with Gasteiger partial charge in [0, 0.05) is 6.26 Å². The molecular formula is C15H19FO4S. The summed E-state index contributed by atoms with van der Waals surface area (Å²) in [6.45, 7) is 2.14. The van der Waals surface area contributed by atoms with Gasteiger partial charge in [-0.15, -0.1) is 0 Å². The predicted molar refractivity (Wildman–Crippen MR) is 76.8 cm³/mol. The van der Waals surface area contributed by atoms with E-state index in [4.69, 9.17) is 5.11 Å². The van der Waals surface area contributed by atoms with Gasteiger partial charge in [0.05, 0.1) is 10.5 Å². The van der Waals surface area contributed by atoms with Crippen LogP contribution in [0, 0.1) is 11.7 Å². The SMILES string of the molecule is CC1CCC(c2cc(F)c(C(=O)O)cc2S(C)(=O)=O)CC1. The second-order valence-electron chi connectivity index (χ2n) is 5.90. The van der Waals surface area contributed by atoms with Gasteiger partial charge in [-0.3, -0.25) is 0 Å². The molecule has 1 saturated carbocycles. The van der Waals surface area contributed by atoms with Crippen molar-refractivity contribution in [2.24, 2.45) is 5.92 Å². The minimum atomic E-state index is -3.60. The number of sulfone groups is 1. The Morgan fingerprint density at radius 2 is 1.81 bits per heavy atom. The second kappa shape index (κ2) is 5.75. The molecule has 116 valence electrons. The molecule has 1 aliphatic rings. The van der Waals surface area contributed by atoms with Gasteiger partial charge in [0.1, 0.15) is 5.82 Å². The van der Waals surface area contributed by atoms with Gasteiger partial charge in [0.2, 0.25) is 0 Å². The van der Waals surface area contributed by atoms with Gasteiger partial charge in [-0.1, -0.05) is 19.8 Å². The lowest BCUT2D eigenvalue weighted by atomic mass is 9.79. The Balaban J connectivity index is 2.54. The Bertz CT molecular complexity index is 658. The number of carbonyl (C=O) groups is 1. The highest BCUT2D eigenvalue weighted by Crippen LogP contribution is 2.39. The molecule has 0 atom stereocenters. The topological polar surface area (TPSA) is 71.4 Å². The molecule has 1 aromatic carbocycles. The van der Waals surface area contributed by atoms with Crippen LogP contribution in [-0.4, -0.2) is 25.7 Å². The van der Waals surface area contributed by atoms with Crippen LogP contribution in [0.3, 0.4) is 0 Å². The van der Waals surface area contributed by atoms with E-state index in [1.165, 1.54) is 0 Å². The van der Waals surface area contributed by atoms with Gasteiger partial charge in [0.25, 0.3) is 0 Å². The molecule has 2 rings (SSSR count). The van der Waals surface area contributed by atoms with Gasteiger partial charge in [-0.25, -0.2) is 17.6 Å². The summed E-state index contributed by atoms with van der Waals surface area (Å²) >= 11 is 0. The van der Waals surface area contributed by atoms with E-state index in [-0.39, 0.29) is 10.8 Å². The molecule has 4 nitrogen and oxygen atoms in total. The Hall–Kier alpha value is -1.43. The van der Waals surface area contributed by atoms with E-state index in [9.17, 15) is 17.6 Å². The smallest absolute Gasteiger partial charge is 0.338 e. The van der Waals surface area contributed by atoms with E-state index in [1.54, 1.807) is 0 Å². The number of carboxylic acid groups (broad SMARTS) is 1. The third kappa shape index (κ3) is 3.43. The molecule has 0 heterocycles. The zero-order valence-electron chi connectivity index (χ0n) is 12.1. The highest BCUT2D eigenvalue weighted by Gasteiger charge is 2.27. The van der Waals surface area contributed by atoms with Crippen LogP contribution in [0.15, 0.2) is 17.0 Å².